The molecule has 4 aliphatic carbocycles. The van der Waals surface area contributed by atoms with Gasteiger partial charge in [-0.1, -0.05) is 65.5 Å². The molecule has 0 aliphatic heterocycles. The Morgan fingerprint density at radius 2 is 1.81 bits per heavy atom. The Morgan fingerprint density at radius 1 is 1.08 bits per heavy atom. The fourth-order valence-corrected chi connectivity index (χ4v) is 9.46. The number of alkyl halides is 3. The number of allylic oxidation sites excluding steroid dienone is 1. The van der Waals surface area contributed by atoms with E-state index in [4.69, 9.17) is 4.84 Å². The molecule has 0 aromatic carbocycles. The van der Waals surface area contributed by atoms with Gasteiger partial charge in [-0.2, -0.15) is 13.2 Å². The largest absolute Gasteiger partial charge is 0.473 e. The van der Waals surface area contributed by atoms with Gasteiger partial charge in [-0.25, -0.2) is 5.06 Å². The van der Waals surface area contributed by atoms with Crippen LogP contribution in [0.3, 0.4) is 0 Å². The molecule has 4 rings (SSSR count). The molecule has 3 fully saturated rings. The number of carbonyl (C=O) groups is 1. The number of carbonyl (C=O) groups excluding carboxylic acids is 1. The highest BCUT2D eigenvalue weighted by Gasteiger charge is 2.59. The normalized spacial score (nSPS) is 38.4. The monoisotopic (exact) mass is 525 g/mol. The van der Waals surface area contributed by atoms with E-state index < -0.39 is 18.1 Å². The molecule has 212 valence electrons. The van der Waals surface area contributed by atoms with E-state index in [0.717, 1.165) is 36.5 Å². The average molecular weight is 526 g/mol. The van der Waals surface area contributed by atoms with Crippen LogP contribution in [0.2, 0.25) is 0 Å². The number of amides is 1. The molecule has 3 saturated carbocycles. The zero-order valence-corrected chi connectivity index (χ0v) is 24.0. The lowest BCUT2D eigenvalue weighted by molar-refractivity contribution is -0.241. The highest BCUT2D eigenvalue weighted by atomic mass is 19.4. The lowest BCUT2D eigenvalue weighted by Crippen LogP contribution is -2.54. The first-order chi connectivity index (χ1) is 17.3. The van der Waals surface area contributed by atoms with Crippen molar-refractivity contribution in [1.82, 2.24) is 5.06 Å². The van der Waals surface area contributed by atoms with Crippen LogP contribution in [0.5, 0.6) is 0 Å². The maximum atomic E-state index is 13.3. The topological polar surface area (TPSA) is 29.5 Å². The molecule has 0 radical (unpaired) electrons. The molecule has 0 saturated heterocycles. The van der Waals surface area contributed by atoms with Crippen LogP contribution in [-0.4, -0.2) is 29.8 Å². The van der Waals surface area contributed by atoms with Crippen LogP contribution in [0.15, 0.2) is 11.6 Å². The van der Waals surface area contributed by atoms with Gasteiger partial charge in [0.05, 0.1) is 12.6 Å². The third-order valence-corrected chi connectivity index (χ3v) is 11.3. The Kier molecular flexibility index (Phi) is 8.49. The van der Waals surface area contributed by atoms with Gasteiger partial charge in [0.1, 0.15) is 0 Å². The number of hydrogen-bond acceptors (Lipinski definition) is 2. The standard InChI is InChI=1S/C31H50F3NO2/c1-7-37-35(28(36)31(32,33)34)23-15-17-29(5)22(19-23)11-12-24-26-14-13-25(21(4)10-8-9-20(2)3)30(26,6)18-16-27(24)29/h11,20-21,23-27H,7-10,12-19H2,1-6H3/t21-,23?,24?,25-,26?,27?,29+,30-/m1/s1. The predicted molar refractivity (Wildman–Crippen MR) is 141 cm³/mol. The van der Waals surface area contributed by atoms with Gasteiger partial charge < -0.3 is 0 Å². The second-order valence-corrected chi connectivity index (χ2v) is 13.7. The maximum absolute atomic E-state index is 13.3. The van der Waals surface area contributed by atoms with Crippen LogP contribution in [0.25, 0.3) is 0 Å². The van der Waals surface area contributed by atoms with Crippen molar-refractivity contribution in [1.29, 1.82) is 0 Å². The highest BCUT2D eigenvalue weighted by Crippen LogP contribution is 2.67. The third-order valence-electron chi connectivity index (χ3n) is 11.3. The molecular formula is C31H50F3NO2. The number of nitrogens with zero attached hydrogens (tertiary/aromatic N) is 1. The first-order valence-electron chi connectivity index (χ1n) is 15.1. The number of halogens is 3. The molecule has 0 N–H and O–H groups in total. The van der Waals surface area contributed by atoms with Gasteiger partial charge in [-0.3, -0.25) is 9.63 Å². The fraction of sp³-hybridized carbons (Fsp3) is 0.903. The van der Waals surface area contributed by atoms with E-state index in [1.54, 1.807) is 6.92 Å². The van der Waals surface area contributed by atoms with Crippen LogP contribution in [0.4, 0.5) is 13.2 Å². The molecule has 8 atom stereocenters. The van der Waals surface area contributed by atoms with Gasteiger partial charge in [-0.05, 0) is 105 Å². The maximum Gasteiger partial charge on any atom is 0.473 e. The third kappa shape index (κ3) is 5.39. The summed E-state index contributed by atoms with van der Waals surface area (Å²) in [6.07, 6.45) is 9.57. The lowest BCUT2D eigenvalue weighted by atomic mass is 9.47. The summed E-state index contributed by atoms with van der Waals surface area (Å²) >= 11 is 0. The first-order valence-corrected chi connectivity index (χ1v) is 15.1. The van der Waals surface area contributed by atoms with Crippen molar-refractivity contribution in [3.05, 3.63) is 11.6 Å². The Labute approximate surface area is 222 Å². The van der Waals surface area contributed by atoms with Gasteiger partial charge >= 0.3 is 12.1 Å². The Morgan fingerprint density at radius 3 is 2.46 bits per heavy atom. The number of fused-ring (bicyclic) bond motifs is 5. The first kappa shape index (κ1) is 29.0. The second kappa shape index (κ2) is 10.8. The quantitative estimate of drug-likeness (QED) is 0.234. The van der Waals surface area contributed by atoms with Crippen molar-refractivity contribution in [2.45, 2.75) is 124 Å². The van der Waals surface area contributed by atoms with Crippen LogP contribution in [0, 0.1) is 46.3 Å². The number of rotatable bonds is 8. The van der Waals surface area contributed by atoms with E-state index in [1.807, 2.05) is 0 Å². The zero-order chi connectivity index (χ0) is 27.2. The molecule has 0 aromatic rings. The van der Waals surface area contributed by atoms with Crippen molar-refractivity contribution >= 4 is 5.91 Å². The van der Waals surface area contributed by atoms with Gasteiger partial charge in [-0.15, -0.1) is 0 Å². The molecule has 0 bridgehead atoms. The molecule has 4 unspecified atom stereocenters. The van der Waals surface area contributed by atoms with Crippen molar-refractivity contribution in [2.75, 3.05) is 6.61 Å². The minimum atomic E-state index is -4.92. The summed E-state index contributed by atoms with van der Waals surface area (Å²) in [5.41, 5.74) is 1.72. The summed E-state index contributed by atoms with van der Waals surface area (Å²) in [4.78, 5) is 17.4. The van der Waals surface area contributed by atoms with E-state index in [9.17, 15) is 18.0 Å². The summed E-state index contributed by atoms with van der Waals surface area (Å²) in [5.74, 6) is 2.53. The van der Waals surface area contributed by atoms with Crippen molar-refractivity contribution < 1.29 is 22.8 Å². The molecule has 0 heterocycles. The summed E-state index contributed by atoms with van der Waals surface area (Å²) in [5, 5.41) is 0.646. The average Bonchev–Trinajstić information content (AvgIpc) is 3.18. The summed E-state index contributed by atoms with van der Waals surface area (Å²) in [7, 11) is 0. The van der Waals surface area contributed by atoms with E-state index in [1.165, 1.54) is 50.5 Å². The van der Waals surface area contributed by atoms with Crippen LogP contribution >= 0.6 is 0 Å². The minimum Gasteiger partial charge on any atom is -0.271 e. The highest BCUT2D eigenvalue weighted by molar-refractivity contribution is 5.81. The summed E-state index contributed by atoms with van der Waals surface area (Å²) < 4.78 is 39.8. The van der Waals surface area contributed by atoms with Crippen LogP contribution in [-0.2, 0) is 9.63 Å². The molecule has 3 nitrogen and oxygen atoms in total. The Hall–Kier alpha value is -1.04. The van der Waals surface area contributed by atoms with Crippen molar-refractivity contribution in [3.63, 3.8) is 0 Å². The van der Waals surface area contributed by atoms with Crippen LogP contribution in [0.1, 0.15) is 112 Å². The molecule has 4 aliphatic rings. The predicted octanol–water partition coefficient (Wildman–Crippen LogP) is 8.74. The Balaban J connectivity index is 1.48. The molecule has 0 spiro atoms. The number of hydrogen-bond donors (Lipinski definition) is 0. The van der Waals surface area contributed by atoms with Gasteiger partial charge in [0.25, 0.3) is 0 Å². The van der Waals surface area contributed by atoms with E-state index in [0.29, 0.717) is 35.2 Å². The Bertz CT molecular complexity index is 854. The second-order valence-electron chi connectivity index (χ2n) is 13.7. The molecule has 0 aromatic heterocycles. The van der Waals surface area contributed by atoms with Crippen molar-refractivity contribution in [2.24, 2.45) is 46.3 Å². The molecular weight excluding hydrogens is 475 g/mol. The molecule has 6 heteroatoms. The minimum absolute atomic E-state index is 0.0286. The SMILES string of the molecule is CCON(C(=O)C(F)(F)F)C1CC[C@@]2(C)C(=CCC3C2CC[C@@]2(C)C3CC[C@@H]2[C@H](C)CCCC(C)C)C1. The smallest absolute Gasteiger partial charge is 0.271 e. The summed E-state index contributed by atoms with van der Waals surface area (Å²) in [6, 6.07) is -0.540. The fourth-order valence-electron chi connectivity index (χ4n) is 9.46. The van der Waals surface area contributed by atoms with Crippen molar-refractivity contribution in [3.8, 4) is 0 Å². The summed E-state index contributed by atoms with van der Waals surface area (Å²) in [6.45, 7) is 13.8. The lowest BCUT2D eigenvalue weighted by Gasteiger charge is -2.59. The zero-order valence-electron chi connectivity index (χ0n) is 24.0. The molecule has 37 heavy (non-hydrogen) atoms. The van der Waals surface area contributed by atoms with Gasteiger partial charge in [0.15, 0.2) is 0 Å². The van der Waals surface area contributed by atoms with E-state index in [-0.39, 0.29) is 12.0 Å². The van der Waals surface area contributed by atoms with E-state index in [2.05, 4.69) is 40.7 Å². The molecule has 1 amide bonds. The van der Waals surface area contributed by atoms with Gasteiger partial charge in [0.2, 0.25) is 0 Å². The van der Waals surface area contributed by atoms with E-state index >= 15 is 0 Å². The van der Waals surface area contributed by atoms with Crippen LogP contribution < -0.4 is 0 Å². The number of hydroxylamine groups is 2. The van der Waals surface area contributed by atoms with Gasteiger partial charge in [0, 0.05) is 0 Å².